The first kappa shape index (κ1) is 24.9. The Balaban J connectivity index is 6.22. The van der Waals surface area contributed by atoms with Crippen molar-refractivity contribution in [1.29, 1.82) is 0 Å². The summed E-state index contributed by atoms with van der Waals surface area (Å²) in [4.78, 5) is 0. The van der Waals surface area contributed by atoms with Crippen LogP contribution < -0.4 is 0 Å². The summed E-state index contributed by atoms with van der Waals surface area (Å²) in [6, 6.07) is 0. The Morgan fingerprint density at radius 1 is 0.577 bits per heavy atom. The van der Waals surface area contributed by atoms with Crippen molar-refractivity contribution >= 4 is 0 Å². The molecule has 0 radical (unpaired) electrons. The van der Waals surface area contributed by atoms with E-state index in [-0.39, 0.29) is 0 Å². The van der Waals surface area contributed by atoms with Gasteiger partial charge in [0, 0.05) is 13.0 Å². The van der Waals surface area contributed by atoms with E-state index in [1.165, 1.54) is 4.74 Å². The maximum atomic E-state index is 13.0. The highest BCUT2D eigenvalue weighted by Gasteiger charge is 2.86. The van der Waals surface area contributed by atoms with E-state index in [1.807, 2.05) is 0 Å². The predicted molar refractivity (Wildman–Crippen MR) is 48.5 cm³/mol. The molecule has 0 aromatic carbocycles. The van der Waals surface area contributed by atoms with Gasteiger partial charge >= 0.3 is 42.1 Å². The second-order valence-corrected chi connectivity index (χ2v) is 4.54. The number of hydrogen-bond acceptors (Lipinski definition) is 2. The van der Waals surface area contributed by atoms with Crippen LogP contribution in [0.3, 0.4) is 0 Å². The minimum absolute atomic E-state index is 1.30. The molecule has 0 aliphatic carbocycles. The van der Waals surface area contributed by atoms with Gasteiger partial charge in [-0.3, -0.25) is 4.74 Å². The van der Waals surface area contributed by atoms with Crippen LogP contribution in [0.5, 0.6) is 0 Å². The molecule has 0 saturated carbocycles. The standard InChI is InChI=1S/C9H5F15O2/c10-3(11,1-2-25)4(12,13)5(14,15)9(23,24)26-6(16,7(17,18)19)8(20,21)22/h25H,1-2H2. The van der Waals surface area contributed by atoms with Crippen molar-refractivity contribution in [2.45, 2.75) is 48.5 Å². The van der Waals surface area contributed by atoms with Crippen LogP contribution in [-0.4, -0.2) is 53.8 Å². The molecule has 17 heteroatoms. The van der Waals surface area contributed by atoms with Gasteiger partial charge in [0.2, 0.25) is 0 Å². The van der Waals surface area contributed by atoms with E-state index in [9.17, 15) is 65.9 Å². The molecule has 26 heavy (non-hydrogen) atoms. The molecule has 158 valence electrons. The van der Waals surface area contributed by atoms with Gasteiger partial charge in [-0.05, 0) is 0 Å². The molecule has 0 aromatic heterocycles. The molecule has 0 atom stereocenters. The van der Waals surface area contributed by atoms with Gasteiger partial charge in [-0.15, -0.1) is 0 Å². The second-order valence-electron chi connectivity index (χ2n) is 4.54. The van der Waals surface area contributed by atoms with Gasteiger partial charge in [0.1, 0.15) is 0 Å². The van der Waals surface area contributed by atoms with Gasteiger partial charge in [-0.1, -0.05) is 0 Å². The lowest BCUT2D eigenvalue weighted by Gasteiger charge is -2.39. The molecule has 0 heterocycles. The molecule has 0 fully saturated rings. The Labute approximate surface area is 132 Å². The molecule has 1 N–H and O–H groups in total. The predicted octanol–water partition coefficient (Wildman–Crippen LogP) is 4.67. The Morgan fingerprint density at radius 3 is 1.19 bits per heavy atom. The topological polar surface area (TPSA) is 29.5 Å². The summed E-state index contributed by atoms with van der Waals surface area (Å²) < 4.78 is 190. The van der Waals surface area contributed by atoms with Gasteiger partial charge in [0.25, 0.3) is 0 Å². The zero-order valence-electron chi connectivity index (χ0n) is 11.4. The fraction of sp³-hybridized carbons (Fsp3) is 1.00. The maximum absolute atomic E-state index is 13.0. The Morgan fingerprint density at radius 2 is 0.923 bits per heavy atom. The average molecular weight is 430 g/mol. The van der Waals surface area contributed by atoms with Crippen molar-refractivity contribution in [3.8, 4) is 0 Å². The number of alkyl halides is 15. The minimum atomic E-state index is -7.77. The van der Waals surface area contributed by atoms with Gasteiger partial charge in [-0.2, -0.15) is 65.9 Å². The Bertz CT molecular complexity index is 476. The van der Waals surface area contributed by atoms with Crippen molar-refractivity contribution in [2.75, 3.05) is 6.61 Å². The van der Waals surface area contributed by atoms with Gasteiger partial charge in [-0.25, -0.2) is 0 Å². The smallest absolute Gasteiger partial charge is 0.396 e. The first-order valence-corrected chi connectivity index (χ1v) is 5.66. The summed E-state index contributed by atoms with van der Waals surface area (Å²) in [6.45, 7) is -2.02. The van der Waals surface area contributed by atoms with E-state index in [2.05, 4.69) is 0 Å². The summed E-state index contributed by atoms with van der Waals surface area (Å²) in [7, 11) is 0. The van der Waals surface area contributed by atoms with Gasteiger partial charge in [0.05, 0.1) is 0 Å². The minimum Gasteiger partial charge on any atom is -0.396 e. The number of rotatable bonds is 7. The molecule has 0 bridgehead atoms. The molecule has 0 amide bonds. The fourth-order valence-corrected chi connectivity index (χ4v) is 1.23. The van der Waals surface area contributed by atoms with Crippen LogP contribution in [0.25, 0.3) is 0 Å². The zero-order chi connectivity index (χ0) is 21.6. The third-order valence-corrected chi connectivity index (χ3v) is 2.64. The summed E-state index contributed by atoms with van der Waals surface area (Å²) in [6.07, 6.45) is -25.4. The lowest BCUT2D eigenvalue weighted by molar-refractivity contribution is -0.520. The van der Waals surface area contributed by atoms with Crippen LogP contribution in [0.2, 0.25) is 0 Å². The molecule has 0 aliphatic heterocycles. The van der Waals surface area contributed by atoms with E-state index in [0.29, 0.717) is 0 Å². The van der Waals surface area contributed by atoms with Crippen molar-refractivity contribution < 1.29 is 75.7 Å². The molecule has 2 nitrogen and oxygen atoms in total. The van der Waals surface area contributed by atoms with Crippen LogP contribution in [0.1, 0.15) is 6.42 Å². The third-order valence-electron chi connectivity index (χ3n) is 2.64. The highest BCUT2D eigenvalue weighted by atomic mass is 19.4. The second kappa shape index (κ2) is 6.49. The van der Waals surface area contributed by atoms with Crippen LogP contribution in [0.15, 0.2) is 0 Å². The number of hydrogen-bond donors (Lipinski definition) is 1. The first-order chi connectivity index (χ1) is 11.0. The normalized spacial score (nSPS) is 16.2. The quantitative estimate of drug-likeness (QED) is 0.595. The summed E-state index contributed by atoms with van der Waals surface area (Å²) >= 11 is 0. The lowest BCUT2D eigenvalue weighted by atomic mass is 10.0. The van der Waals surface area contributed by atoms with Crippen molar-refractivity contribution in [1.82, 2.24) is 0 Å². The molecule has 0 aliphatic rings. The monoisotopic (exact) mass is 430 g/mol. The Kier molecular flexibility index (Phi) is 6.21. The molecule has 0 spiro atoms. The average Bonchev–Trinajstić information content (AvgIpc) is 2.34. The SMILES string of the molecule is OCCC(F)(F)C(F)(F)C(F)(F)C(F)(F)OC(F)(C(F)(F)F)C(F)(F)F. The van der Waals surface area contributed by atoms with Crippen molar-refractivity contribution in [3.05, 3.63) is 0 Å². The number of aliphatic hydroxyl groups excluding tert-OH is 1. The van der Waals surface area contributed by atoms with E-state index >= 15 is 0 Å². The van der Waals surface area contributed by atoms with Gasteiger partial charge < -0.3 is 5.11 Å². The lowest BCUT2D eigenvalue weighted by Crippen LogP contribution is -2.67. The van der Waals surface area contributed by atoms with Gasteiger partial charge in [0.15, 0.2) is 0 Å². The molecule has 0 rings (SSSR count). The molecular formula is C9H5F15O2. The van der Waals surface area contributed by atoms with E-state index < -0.39 is 55.1 Å². The van der Waals surface area contributed by atoms with E-state index in [1.54, 1.807) is 0 Å². The Hall–Kier alpha value is -1.13. The number of aliphatic hydroxyl groups is 1. The number of ether oxygens (including phenoxy) is 1. The largest absolute Gasteiger partial charge is 0.458 e. The van der Waals surface area contributed by atoms with E-state index in [4.69, 9.17) is 5.11 Å². The van der Waals surface area contributed by atoms with Crippen LogP contribution >= 0.6 is 0 Å². The highest BCUT2D eigenvalue weighted by molar-refractivity contribution is 5.02. The molecular weight excluding hydrogens is 425 g/mol. The molecule has 0 saturated heterocycles. The first-order valence-electron chi connectivity index (χ1n) is 5.66. The summed E-state index contributed by atoms with van der Waals surface area (Å²) in [5.74, 6) is -29.0. The van der Waals surface area contributed by atoms with Crippen LogP contribution in [-0.2, 0) is 4.74 Å². The molecule has 0 unspecified atom stereocenters. The fourth-order valence-electron chi connectivity index (χ4n) is 1.23. The van der Waals surface area contributed by atoms with Crippen LogP contribution in [0, 0.1) is 0 Å². The molecule has 0 aromatic rings. The summed E-state index contributed by atoms with van der Waals surface area (Å²) in [5.41, 5.74) is 0. The maximum Gasteiger partial charge on any atom is 0.458 e. The van der Waals surface area contributed by atoms with E-state index in [0.717, 1.165) is 0 Å². The summed E-state index contributed by atoms with van der Waals surface area (Å²) in [5, 5.41) is 8.00. The third kappa shape index (κ3) is 3.77. The zero-order valence-corrected chi connectivity index (χ0v) is 11.4. The number of halogens is 15. The van der Waals surface area contributed by atoms with Crippen molar-refractivity contribution in [3.63, 3.8) is 0 Å². The highest BCUT2D eigenvalue weighted by Crippen LogP contribution is 2.57. The van der Waals surface area contributed by atoms with Crippen molar-refractivity contribution in [2.24, 2.45) is 0 Å². The van der Waals surface area contributed by atoms with Crippen LogP contribution in [0.4, 0.5) is 65.9 Å².